The summed E-state index contributed by atoms with van der Waals surface area (Å²) < 4.78 is 0. The zero-order valence-electron chi connectivity index (χ0n) is 7.05. The minimum absolute atomic E-state index is 0. The van der Waals surface area contributed by atoms with Crippen LogP contribution in [0.5, 0.6) is 0 Å². The van der Waals surface area contributed by atoms with E-state index in [0.29, 0.717) is 0 Å². The van der Waals surface area contributed by atoms with E-state index in [9.17, 15) is 4.79 Å². The van der Waals surface area contributed by atoms with Crippen LogP contribution in [0.2, 0.25) is 0 Å². The van der Waals surface area contributed by atoms with Crippen LogP contribution in [0.3, 0.4) is 0 Å². The molecule has 0 N–H and O–H groups in total. The zero-order valence-corrected chi connectivity index (χ0v) is 10.8. The molecule has 2 nitrogen and oxygen atoms in total. The Kier molecular flexibility index (Phi) is 6.84. The average Bonchev–Trinajstić information content (AvgIpc) is 2.05. The van der Waals surface area contributed by atoms with Gasteiger partial charge in [0.15, 0.2) is 0 Å². The summed E-state index contributed by atoms with van der Waals surface area (Å²) >= 11 is 0. The maximum absolute atomic E-state index is 10.2. The molecule has 0 saturated carbocycles. The summed E-state index contributed by atoms with van der Waals surface area (Å²) in [6.07, 6.45) is 5.53. The monoisotopic (exact) mass is 281 g/mol. The van der Waals surface area contributed by atoms with E-state index in [0.717, 1.165) is 19.0 Å². The number of hydrogen-bond donors (Lipinski definition) is 0. The van der Waals surface area contributed by atoms with E-state index in [4.69, 9.17) is 0 Å². The summed E-state index contributed by atoms with van der Waals surface area (Å²) in [5.41, 5.74) is 0. The molecule has 0 aromatic heterocycles. The SMILES string of the molecule is CCC1CCN([C-]=O)CC1.[Pr]. The second-order valence-electron chi connectivity index (χ2n) is 2.93. The molecule has 0 atom stereocenters. The normalized spacial score (nSPS) is 19.2. The van der Waals surface area contributed by atoms with Crippen molar-refractivity contribution in [3.8, 4) is 0 Å². The van der Waals surface area contributed by atoms with Crippen molar-refractivity contribution < 1.29 is 46.1 Å². The number of piperidine rings is 1. The van der Waals surface area contributed by atoms with Gasteiger partial charge in [-0.25, -0.2) is 0 Å². The van der Waals surface area contributed by atoms with Crippen molar-refractivity contribution in [1.82, 2.24) is 4.90 Å². The van der Waals surface area contributed by atoms with Crippen molar-refractivity contribution in [2.45, 2.75) is 26.2 Å². The first kappa shape index (κ1) is 11.8. The van der Waals surface area contributed by atoms with Crippen molar-refractivity contribution >= 4 is 6.41 Å². The van der Waals surface area contributed by atoms with Gasteiger partial charge in [-0.2, -0.15) is 6.41 Å². The van der Waals surface area contributed by atoms with Crippen LogP contribution in [0.1, 0.15) is 26.2 Å². The quantitative estimate of drug-likeness (QED) is 0.696. The van der Waals surface area contributed by atoms with E-state index < -0.39 is 0 Å². The molecule has 1 fully saturated rings. The first-order chi connectivity index (χ1) is 4.86. The maximum Gasteiger partial charge on any atom is 0 e. The first-order valence-electron chi connectivity index (χ1n) is 3.99. The summed E-state index contributed by atoms with van der Waals surface area (Å²) in [6.45, 7) is 4.05. The molecule has 0 aromatic carbocycles. The van der Waals surface area contributed by atoms with Gasteiger partial charge in [0.05, 0.1) is 0 Å². The molecule has 0 bridgehead atoms. The number of hydrogen-bond acceptors (Lipinski definition) is 1. The Balaban J connectivity index is 0.000001000. The van der Waals surface area contributed by atoms with Gasteiger partial charge >= 0.3 is 0 Å². The van der Waals surface area contributed by atoms with Crippen LogP contribution < -0.4 is 0 Å². The van der Waals surface area contributed by atoms with E-state index in [-0.39, 0.29) is 41.3 Å². The minimum atomic E-state index is 0. The molecule has 0 aliphatic carbocycles. The molecule has 0 spiro atoms. The van der Waals surface area contributed by atoms with Crippen molar-refractivity contribution in [2.24, 2.45) is 5.92 Å². The fourth-order valence-electron chi connectivity index (χ4n) is 1.43. The van der Waals surface area contributed by atoms with Crippen LogP contribution in [0.4, 0.5) is 0 Å². The van der Waals surface area contributed by atoms with E-state index in [1.54, 1.807) is 4.90 Å². The smallest absolute Gasteiger partial charge is 0 e. The van der Waals surface area contributed by atoms with Gasteiger partial charge in [-0.3, -0.25) is 0 Å². The molecule has 0 unspecified atom stereocenters. The Morgan fingerprint density at radius 3 is 2.36 bits per heavy atom. The van der Waals surface area contributed by atoms with Crippen molar-refractivity contribution in [2.75, 3.05) is 13.1 Å². The molecule has 1 aliphatic rings. The van der Waals surface area contributed by atoms with Crippen LogP contribution in [-0.4, -0.2) is 24.4 Å². The average molecular weight is 281 g/mol. The van der Waals surface area contributed by atoms with Gasteiger partial charge in [0, 0.05) is 41.3 Å². The summed E-state index contributed by atoms with van der Waals surface area (Å²) in [4.78, 5) is 11.9. The predicted molar refractivity (Wildman–Crippen MR) is 40.3 cm³/mol. The predicted octanol–water partition coefficient (Wildman–Crippen LogP) is 1.18. The van der Waals surface area contributed by atoms with Crippen molar-refractivity contribution in [1.29, 1.82) is 0 Å². The summed E-state index contributed by atoms with van der Waals surface area (Å²) in [6, 6.07) is 0. The van der Waals surface area contributed by atoms with Gasteiger partial charge in [-0.15, -0.1) is 0 Å². The van der Waals surface area contributed by atoms with Gasteiger partial charge in [-0.05, 0) is 31.8 Å². The van der Waals surface area contributed by atoms with Gasteiger partial charge < -0.3 is 9.69 Å². The molecule has 1 heterocycles. The third-order valence-electron chi connectivity index (χ3n) is 2.32. The Hall–Kier alpha value is 0.834. The fourth-order valence-corrected chi connectivity index (χ4v) is 1.43. The number of amides is 1. The molecule has 1 amide bonds. The van der Waals surface area contributed by atoms with E-state index in [1.807, 2.05) is 6.41 Å². The third-order valence-corrected chi connectivity index (χ3v) is 2.32. The van der Waals surface area contributed by atoms with Gasteiger partial charge in [-0.1, -0.05) is 13.3 Å². The topological polar surface area (TPSA) is 20.3 Å². The third kappa shape index (κ3) is 3.84. The van der Waals surface area contributed by atoms with Crippen LogP contribution in [0, 0.1) is 47.2 Å². The Morgan fingerprint density at radius 1 is 1.45 bits per heavy atom. The standard InChI is InChI=1S/C8H14NO.Pr/c1-2-8-3-5-9(7-10)6-4-8;/h8H,2-6H2,1H3;/q-1;. The number of likely N-dealkylation sites (tertiary alicyclic amines) is 1. The van der Waals surface area contributed by atoms with Crippen molar-refractivity contribution in [3.63, 3.8) is 0 Å². The Bertz CT molecular complexity index is 111. The molecule has 1 rings (SSSR count). The largest absolute Gasteiger partial charge is 0.520 e. The van der Waals surface area contributed by atoms with Gasteiger partial charge in [0.1, 0.15) is 0 Å². The molecule has 1 radical (unpaired) electrons. The molecule has 0 aromatic rings. The van der Waals surface area contributed by atoms with Crippen LogP contribution in [-0.2, 0) is 4.79 Å². The molecule has 3 heteroatoms. The second-order valence-corrected chi connectivity index (χ2v) is 2.93. The minimum Gasteiger partial charge on any atom is -0.520 e. The molecular formula is C8H14NOPr-. The summed E-state index contributed by atoms with van der Waals surface area (Å²) in [7, 11) is 0. The van der Waals surface area contributed by atoms with Crippen LogP contribution in [0.25, 0.3) is 0 Å². The van der Waals surface area contributed by atoms with Crippen LogP contribution in [0.15, 0.2) is 0 Å². The number of rotatable bonds is 2. The molecular weight excluding hydrogens is 267 g/mol. The molecule has 61 valence electrons. The van der Waals surface area contributed by atoms with Gasteiger partial charge in [0.2, 0.25) is 0 Å². The number of carbonyl (C=O) groups excluding carboxylic acids is 1. The van der Waals surface area contributed by atoms with E-state index in [2.05, 4.69) is 6.92 Å². The maximum atomic E-state index is 10.2. The van der Waals surface area contributed by atoms with Crippen molar-refractivity contribution in [3.05, 3.63) is 0 Å². The second kappa shape index (κ2) is 6.36. The summed E-state index contributed by atoms with van der Waals surface area (Å²) in [5, 5.41) is 0. The molecule has 1 saturated heterocycles. The van der Waals surface area contributed by atoms with Gasteiger partial charge in [0.25, 0.3) is 0 Å². The van der Waals surface area contributed by atoms with E-state index >= 15 is 0 Å². The fraction of sp³-hybridized carbons (Fsp3) is 0.875. The molecule has 11 heavy (non-hydrogen) atoms. The Labute approximate surface area is 102 Å². The summed E-state index contributed by atoms with van der Waals surface area (Å²) in [5.74, 6) is 0.851. The van der Waals surface area contributed by atoms with E-state index in [1.165, 1.54) is 19.3 Å². The number of nitrogens with zero attached hydrogens (tertiary/aromatic N) is 1. The van der Waals surface area contributed by atoms with Crippen LogP contribution >= 0.6 is 0 Å². The first-order valence-corrected chi connectivity index (χ1v) is 3.99. The molecule has 1 aliphatic heterocycles. The Morgan fingerprint density at radius 2 is 2.00 bits per heavy atom. The zero-order chi connectivity index (χ0) is 7.40.